The minimum Gasteiger partial charge on any atom is -0.354 e. The summed E-state index contributed by atoms with van der Waals surface area (Å²) in [5.74, 6) is 0.503. The van der Waals surface area contributed by atoms with E-state index in [-0.39, 0.29) is 29.8 Å². The summed E-state index contributed by atoms with van der Waals surface area (Å²) in [5, 5.41) is 9.44. The largest absolute Gasteiger partial charge is 0.354 e. The maximum absolute atomic E-state index is 13.3. The third-order valence-electron chi connectivity index (χ3n) is 3.27. The van der Waals surface area contributed by atoms with Gasteiger partial charge in [0.25, 0.3) is 0 Å². The lowest BCUT2D eigenvalue weighted by atomic mass is 10.1. The fraction of sp³-hybridized carbons (Fsp3) is 0.375. The molecule has 1 heterocycles. The zero-order valence-corrected chi connectivity index (χ0v) is 17.4. The van der Waals surface area contributed by atoms with Crippen molar-refractivity contribution in [2.75, 3.05) is 26.0 Å². The lowest BCUT2D eigenvalue weighted by Crippen LogP contribution is -2.36. The topological polar surface area (TPSA) is 52.6 Å². The zero-order valence-electron chi connectivity index (χ0n) is 14.3. The molecule has 0 saturated carbocycles. The second kappa shape index (κ2) is 9.77. The first-order valence-electron chi connectivity index (χ1n) is 7.31. The second-order valence-corrected chi connectivity index (χ2v) is 6.22. The van der Waals surface area contributed by atoms with Gasteiger partial charge in [0.1, 0.15) is 5.82 Å². The third-order valence-corrected chi connectivity index (χ3v) is 4.32. The van der Waals surface area contributed by atoms with E-state index in [0.29, 0.717) is 24.6 Å². The van der Waals surface area contributed by atoms with Gasteiger partial charge in [-0.15, -0.1) is 35.3 Å². The van der Waals surface area contributed by atoms with Crippen molar-refractivity contribution in [3.8, 4) is 0 Å². The number of nitrogens with one attached hydrogen (secondary N) is 2. The van der Waals surface area contributed by atoms with E-state index in [1.54, 1.807) is 31.4 Å². The van der Waals surface area contributed by atoms with Crippen molar-refractivity contribution in [2.24, 2.45) is 4.99 Å². The molecular formula is C16H23FIN5S. The molecule has 0 unspecified atom stereocenters. The maximum Gasteiger partial charge on any atom is 0.191 e. The van der Waals surface area contributed by atoms with Crippen LogP contribution in [0.25, 0.3) is 0 Å². The smallest absolute Gasteiger partial charge is 0.191 e. The molecule has 0 spiro atoms. The summed E-state index contributed by atoms with van der Waals surface area (Å²) >= 11 is 1.61. The van der Waals surface area contributed by atoms with Crippen LogP contribution in [0.4, 0.5) is 9.52 Å². The van der Waals surface area contributed by atoms with Crippen LogP contribution >= 0.6 is 35.3 Å². The molecule has 2 rings (SSSR count). The molecule has 0 radical (unpaired) electrons. The highest BCUT2D eigenvalue weighted by molar-refractivity contribution is 14.0. The van der Waals surface area contributed by atoms with Crippen molar-refractivity contribution in [3.63, 3.8) is 0 Å². The standard InChI is InChI=1S/C16H22FN5S.HI/c1-11-7-12(5-6-14(11)17)8-19-15(18-2)20-9-13-10-23-16(21-13)22(3)4;/h5-7,10H,8-9H2,1-4H3,(H2,18,19,20);1H. The summed E-state index contributed by atoms with van der Waals surface area (Å²) in [4.78, 5) is 10.7. The molecule has 8 heteroatoms. The number of hydrogen-bond donors (Lipinski definition) is 2. The van der Waals surface area contributed by atoms with Gasteiger partial charge in [0.05, 0.1) is 12.2 Å². The molecule has 1 aromatic carbocycles. The van der Waals surface area contributed by atoms with Crippen molar-refractivity contribution >= 4 is 46.4 Å². The molecule has 2 aromatic rings. The average molecular weight is 463 g/mol. The van der Waals surface area contributed by atoms with Gasteiger partial charge in [0.2, 0.25) is 0 Å². The molecule has 0 aliphatic heterocycles. The average Bonchev–Trinajstić information content (AvgIpc) is 3.00. The van der Waals surface area contributed by atoms with Gasteiger partial charge in [0.15, 0.2) is 11.1 Å². The maximum atomic E-state index is 13.3. The summed E-state index contributed by atoms with van der Waals surface area (Å²) < 4.78 is 13.3. The second-order valence-electron chi connectivity index (χ2n) is 5.38. The van der Waals surface area contributed by atoms with Gasteiger partial charge in [-0.25, -0.2) is 9.37 Å². The molecule has 0 aliphatic carbocycles. The van der Waals surface area contributed by atoms with Crippen LogP contribution in [-0.4, -0.2) is 32.1 Å². The van der Waals surface area contributed by atoms with Crippen molar-refractivity contribution in [1.29, 1.82) is 0 Å². The van der Waals surface area contributed by atoms with Crippen LogP contribution in [0.3, 0.4) is 0 Å². The highest BCUT2D eigenvalue weighted by Gasteiger charge is 2.05. The fourth-order valence-electron chi connectivity index (χ4n) is 1.98. The normalized spacial score (nSPS) is 11.0. The number of rotatable bonds is 5. The van der Waals surface area contributed by atoms with Crippen molar-refractivity contribution in [2.45, 2.75) is 20.0 Å². The Morgan fingerprint density at radius 1 is 1.29 bits per heavy atom. The Bertz CT molecular complexity index is 687. The summed E-state index contributed by atoms with van der Waals surface area (Å²) in [7, 11) is 5.67. The van der Waals surface area contributed by atoms with Crippen LogP contribution < -0.4 is 15.5 Å². The van der Waals surface area contributed by atoms with Crippen LogP contribution in [-0.2, 0) is 13.1 Å². The first-order chi connectivity index (χ1) is 11.0. The van der Waals surface area contributed by atoms with E-state index < -0.39 is 0 Å². The molecule has 5 nitrogen and oxygen atoms in total. The predicted octanol–water partition coefficient (Wildman–Crippen LogP) is 3.14. The van der Waals surface area contributed by atoms with Gasteiger partial charge in [-0.05, 0) is 24.1 Å². The number of anilines is 1. The lowest BCUT2D eigenvalue weighted by molar-refractivity contribution is 0.617. The summed E-state index contributed by atoms with van der Waals surface area (Å²) in [6, 6.07) is 5.09. The Hall–Kier alpha value is -1.42. The molecule has 0 bridgehead atoms. The SMILES string of the molecule is CN=C(NCc1ccc(F)c(C)c1)NCc1csc(N(C)C)n1.I. The number of halogens is 2. The number of thiazole rings is 1. The van der Waals surface area contributed by atoms with Gasteiger partial charge in [0, 0.05) is 33.1 Å². The Morgan fingerprint density at radius 2 is 2.00 bits per heavy atom. The number of hydrogen-bond acceptors (Lipinski definition) is 4. The summed E-state index contributed by atoms with van der Waals surface area (Å²) in [6.45, 7) is 2.95. The van der Waals surface area contributed by atoms with E-state index >= 15 is 0 Å². The predicted molar refractivity (Wildman–Crippen MR) is 110 cm³/mol. The van der Waals surface area contributed by atoms with E-state index in [1.165, 1.54) is 6.07 Å². The molecule has 1 aromatic heterocycles. The minimum atomic E-state index is -0.184. The summed E-state index contributed by atoms with van der Waals surface area (Å²) in [6.07, 6.45) is 0. The monoisotopic (exact) mass is 463 g/mol. The molecular weight excluding hydrogens is 440 g/mol. The van der Waals surface area contributed by atoms with Gasteiger partial charge >= 0.3 is 0 Å². The minimum absolute atomic E-state index is 0. The number of aryl methyl sites for hydroxylation is 1. The summed E-state index contributed by atoms with van der Waals surface area (Å²) in [5.41, 5.74) is 2.63. The Morgan fingerprint density at radius 3 is 2.58 bits per heavy atom. The molecule has 0 amide bonds. The van der Waals surface area contributed by atoms with E-state index in [0.717, 1.165) is 16.4 Å². The Kier molecular flexibility index (Phi) is 8.40. The highest BCUT2D eigenvalue weighted by atomic mass is 127. The van der Waals surface area contributed by atoms with Gasteiger partial charge in [-0.1, -0.05) is 12.1 Å². The van der Waals surface area contributed by atoms with Crippen molar-refractivity contribution in [3.05, 3.63) is 46.2 Å². The number of guanidine groups is 1. The quantitative estimate of drug-likeness (QED) is 0.407. The molecule has 132 valence electrons. The van der Waals surface area contributed by atoms with Crippen LogP contribution in [0.2, 0.25) is 0 Å². The van der Waals surface area contributed by atoms with Crippen LogP contribution in [0.1, 0.15) is 16.8 Å². The molecule has 24 heavy (non-hydrogen) atoms. The first-order valence-corrected chi connectivity index (χ1v) is 8.19. The van der Waals surface area contributed by atoms with Crippen LogP contribution in [0, 0.1) is 12.7 Å². The van der Waals surface area contributed by atoms with Gasteiger partial charge in [-0.2, -0.15) is 0 Å². The molecule has 0 saturated heterocycles. The van der Waals surface area contributed by atoms with E-state index in [4.69, 9.17) is 0 Å². The van der Waals surface area contributed by atoms with Crippen molar-refractivity contribution in [1.82, 2.24) is 15.6 Å². The number of aromatic nitrogens is 1. The molecule has 0 atom stereocenters. The number of nitrogens with zero attached hydrogens (tertiary/aromatic N) is 3. The lowest BCUT2D eigenvalue weighted by Gasteiger charge is -2.11. The van der Waals surface area contributed by atoms with E-state index in [1.807, 2.05) is 30.4 Å². The number of aliphatic imine (C=N–C) groups is 1. The van der Waals surface area contributed by atoms with Gasteiger partial charge in [-0.3, -0.25) is 4.99 Å². The number of benzene rings is 1. The van der Waals surface area contributed by atoms with Crippen LogP contribution in [0.15, 0.2) is 28.6 Å². The first kappa shape index (κ1) is 20.6. The third kappa shape index (κ3) is 5.90. The van der Waals surface area contributed by atoms with E-state index in [2.05, 4.69) is 20.6 Å². The highest BCUT2D eigenvalue weighted by Crippen LogP contribution is 2.17. The van der Waals surface area contributed by atoms with E-state index in [9.17, 15) is 4.39 Å². The van der Waals surface area contributed by atoms with Crippen molar-refractivity contribution < 1.29 is 4.39 Å². The van der Waals surface area contributed by atoms with Crippen LogP contribution in [0.5, 0.6) is 0 Å². The molecule has 0 aliphatic rings. The Balaban J connectivity index is 0.00000288. The zero-order chi connectivity index (χ0) is 16.8. The molecule has 2 N–H and O–H groups in total. The molecule has 0 fully saturated rings. The Labute approximate surface area is 163 Å². The fourth-order valence-corrected chi connectivity index (χ4v) is 2.74. The van der Waals surface area contributed by atoms with Gasteiger partial charge < -0.3 is 15.5 Å².